The lowest BCUT2D eigenvalue weighted by molar-refractivity contribution is 0.216. The van der Waals surface area contributed by atoms with Gasteiger partial charge in [-0.05, 0) is 31.6 Å². The number of nitrogens with zero attached hydrogens (tertiary/aromatic N) is 2. The highest BCUT2D eigenvalue weighted by atomic mass is 32.2. The molecule has 1 aromatic rings. The Kier molecular flexibility index (Phi) is 6.80. The number of hydrogen-bond acceptors (Lipinski definition) is 5. The lowest BCUT2D eigenvalue weighted by Gasteiger charge is -2.38. The average Bonchev–Trinajstić information content (AvgIpc) is 2.52. The second kappa shape index (κ2) is 8.61. The Balaban J connectivity index is 2.16. The molecule has 0 radical (unpaired) electrons. The molecule has 118 valence electrons. The maximum Gasteiger partial charge on any atom is 0.137 e. The summed E-state index contributed by atoms with van der Waals surface area (Å²) in [5.74, 6) is 3.26. The van der Waals surface area contributed by atoms with E-state index in [1.165, 1.54) is 11.3 Å². The minimum Gasteiger partial charge on any atom is -0.492 e. The first kappa shape index (κ1) is 16.6. The summed E-state index contributed by atoms with van der Waals surface area (Å²) < 4.78 is 5.73. The molecular formula is C16H27N3OS. The SMILES string of the molecule is CCCOc1cncc(C(NCC)C2CSCCN2C)c1. The predicted molar refractivity (Wildman–Crippen MR) is 90.2 cm³/mol. The van der Waals surface area contributed by atoms with Crippen molar-refractivity contribution in [2.75, 3.05) is 38.2 Å². The van der Waals surface area contributed by atoms with E-state index in [1.807, 2.05) is 24.2 Å². The van der Waals surface area contributed by atoms with Crippen LogP contribution in [-0.2, 0) is 0 Å². The first-order valence-corrected chi connectivity index (χ1v) is 9.00. The molecule has 1 saturated heterocycles. The van der Waals surface area contributed by atoms with Gasteiger partial charge in [-0.1, -0.05) is 13.8 Å². The molecule has 0 amide bonds. The van der Waals surface area contributed by atoms with Crippen molar-refractivity contribution in [3.05, 3.63) is 24.0 Å². The van der Waals surface area contributed by atoms with Gasteiger partial charge in [-0.2, -0.15) is 11.8 Å². The summed E-state index contributed by atoms with van der Waals surface area (Å²) in [6.45, 7) is 7.13. The normalized spacial score (nSPS) is 21.2. The largest absolute Gasteiger partial charge is 0.492 e. The molecule has 2 atom stereocenters. The Morgan fingerprint density at radius 1 is 1.48 bits per heavy atom. The van der Waals surface area contributed by atoms with Crippen LogP contribution in [0.5, 0.6) is 5.75 Å². The quantitative estimate of drug-likeness (QED) is 0.838. The molecule has 1 N–H and O–H groups in total. The molecule has 2 rings (SSSR count). The van der Waals surface area contributed by atoms with Gasteiger partial charge in [0, 0.05) is 30.3 Å². The summed E-state index contributed by atoms with van der Waals surface area (Å²) in [4.78, 5) is 6.83. The Morgan fingerprint density at radius 3 is 3.05 bits per heavy atom. The third kappa shape index (κ3) is 4.59. The van der Waals surface area contributed by atoms with Crippen molar-refractivity contribution in [2.24, 2.45) is 0 Å². The molecule has 1 aliphatic heterocycles. The zero-order chi connectivity index (χ0) is 15.1. The van der Waals surface area contributed by atoms with Gasteiger partial charge in [0.05, 0.1) is 18.8 Å². The van der Waals surface area contributed by atoms with E-state index in [4.69, 9.17) is 4.74 Å². The summed E-state index contributed by atoms with van der Waals surface area (Å²) in [7, 11) is 2.22. The number of thioether (sulfide) groups is 1. The summed E-state index contributed by atoms with van der Waals surface area (Å²) in [6.07, 6.45) is 4.80. The molecule has 1 aliphatic rings. The van der Waals surface area contributed by atoms with E-state index in [0.29, 0.717) is 12.1 Å². The van der Waals surface area contributed by atoms with Crippen LogP contribution >= 0.6 is 11.8 Å². The van der Waals surface area contributed by atoms with Crippen LogP contribution in [0.2, 0.25) is 0 Å². The lowest BCUT2D eigenvalue weighted by Crippen LogP contribution is -2.47. The van der Waals surface area contributed by atoms with Crippen LogP contribution in [0.4, 0.5) is 0 Å². The number of ether oxygens (including phenoxy) is 1. The second-order valence-electron chi connectivity index (χ2n) is 5.46. The molecular weight excluding hydrogens is 282 g/mol. The van der Waals surface area contributed by atoms with Gasteiger partial charge in [0.15, 0.2) is 0 Å². The summed E-state index contributed by atoms with van der Waals surface area (Å²) >= 11 is 2.04. The van der Waals surface area contributed by atoms with E-state index in [0.717, 1.165) is 37.6 Å². The zero-order valence-corrected chi connectivity index (χ0v) is 14.2. The van der Waals surface area contributed by atoms with Crippen LogP contribution in [0.1, 0.15) is 31.9 Å². The molecule has 2 unspecified atom stereocenters. The molecule has 0 saturated carbocycles. The number of rotatable bonds is 7. The zero-order valence-electron chi connectivity index (χ0n) is 13.3. The van der Waals surface area contributed by atoms with Crippen LogP contribution < -0.4 is 10.1 Å². The fourth-order valence-corrected chi connectivity index (χ4v) is 3.93. The van der Waals surface area contributed by atoms with E-state index < -0.39 is 0 Å². The minimum absolute atomic E-state index is 0.311. The maximum absolute atomic E-state index is 5.73. The minimum atomic E-state index is 0.311. The van der Waals surface area contributed by atoms with Gasteiger partial charge in [0.1, 0.15) is 5.75 Å². The monoisotopic (exact) mass is 309 g/mol. The summed E-state index contributed by atoms with van der Waals surface area (Å²) in [5, 5.41) is 3.63. The first-order valence-electron chi connectivity index (χ1n) is 7.85. The molecule has 4 nitrogen and oxygen atoms in total. The summed E-state index contributed by atoms with van der Waals surface area (Å²) in [6, 6.07) is 2.96. The molecule has 1 aromatic heterocycles. The van der Waals surface area contributed by atoms with Gasteiger partial charge in [-0.25, -0.2) is 0 Å². The van der Waals surface area contributed by atoms with Crippen molar-refractivity contribution in [3.8, 4) is 5.75 Å². The summed E-state index contributed by atoms with van der Waals surface area (Å²) in [5.41, 5.74) is 1.23. The Labute approximate surface area is 132 Å². The Hall–Kier alpha value is -0.780. The van der Waals surface area contributed by atoms with E-state index in [2.05, 4.69) is 42.2 Å². The number of likely N-dealkylation sites (N-methyl/N-ethyl adjacent to an activating group) is 2. The van der Waals surface area contributed by atoms with Crippen molar-refractivity contribution in [1.82, 2.24) is 15.2 Å². The smallest absolute Gasteiger partial charge is 0.137 e. The molecule has 2 heterocycles. The highest BCUT2D eigenvalue weighted by molar-refractivity contribution is 7.99. The topological polar surface area (TPSA) is 37.4 Å². The standard InChI is InChI=1S/C16H27N3OS/c1-4-7-20-14-9-13(10-17-11-14)16(18-5-2)15-12-21-8-6-19(15)3/h9-11,15-16,18H,4-8,12H2,1-3H3. The molecule has 0 spiro atoms. The number of hydrogen-bond donors (Lipinski definition) is 1. The number of nitrogens with one attached hydrogen (secondary N) is 1. The van der Waals surface area contributed by atoms with Crippen LogP contribution in [0.3, 0.4) is 0 Å². The number of pyridine rings is 1. The van der Waals surface area contributed by atoms with Gasteiger partial charge >= 0.3 is 0 Å². The van der Waals surface area contributed by atoms with Crippen LogP contribution in [0, 0.1) is 0 Å². The van der Waals surface area contributed by atoms with Crippen molar-refractivity contribution in [1.29, 1.82) is 0 Å². The third-order valence-corrected chi connectivity index (χ3v) is 4.87. The predicted octanol–water partition coefficient (Wildman–Crippen LogP) is 2.57. The lowest BCUT2D eigenvalue weighted by atomic mass is 10.0. The molecule has 1 fully saturated rings. The molecule has 5 heteroatoms. The second-order valence-corrected chi connectivity index (χ2v) is 6.61. The van der Waals surface area contributed by atoms with Crippen molar-refractivity contribution in [3.63, 3.8) is 0 Å². The highest BCUT2D eigenvalue weighted by Crippen LogP contribution is 2.28. The Morgan fingerprint density at radius 2 is 2.33 bits per heavy atom. The Bertz CT molecular complexity index is 430. The molecule has 21 heavy (non-hydrogen) atoms. The van der Waals surface area contributed by atoms with Gasteiger partial charge in [0.25, 0.3) is 0 Å². The number of aromatic nitrogens is 1. The highest BCUT2D eigenvalue weighted by Gasteiger charge is 2.29. The molecule has 0 aromatic carbocycles. The molecule has 0 bridgehead atoms. The first-order chi connectivity index (χ1) is 10.3. The van der Waals surface area contributed by atoms with Crippen LogP contribution in [0.15, 0.2) is 18.5 Å². The maximum atomic E-state index is 5.73. The van der Waals surface area contributed by atoms with E-state index in [-0.39, 0.29) is 0 Å². The molecule has 0 aliphatic carbocycles. The van der Waals surface area contributed by atoms with E-state index in [9.17, 15) is 0 Å². The van der Waals surface area contributed by atoms with Crippen molar-refractivity contribution in [2.45, 2.75) is 32.4 Å². The fraction of sp³-hybridized carbons (Fsp3) is 0.688. The van der Waals surface area contributed by atoms with Crippen molar-refractivity contribution >= 4 is 11.8 Å². The van der Waals surface area contributed by atoms with E-state index >= 15 is 0 Å². The average molecular weight is 309 g/mol. The van der Waals surface area contributed by atoms with Crippen LogP contribution in [0.25, 0.3) is 0 Å². The van der Waals surface area contributed by atoms with E-state index in [1.54, 1.807) is 0 Å². The van der Waals surface area contributed by atoms with Gasteiger partial charge < -0.3 is 10.1 Å². The van der Waals surface area contributed by atoms with Gasteiger partial charge in [0.2, 0.25) is 0 Å². The van der Waals surface area contributed by atoms with Crippen molar-refractivity contribution < 1.29 is 4.74 Å². The fourth-order valence-electron chi connectivity index (χ4n) is 2.66. The third-order valence-electron chi connectivity index (χ3n) is 3.82. The van der Waals surface area contributed by atoms with Gasteiger partial charge in [-0.3, -0.25) is 9.88 Å². The van der Waals surface area contributed by atoms with Gasteiger partial charge in [-0.15, -0.1) is 0 Å². The van der Waals surface area contributed by atoms with Crippen LogP contribution in [-0.4, -0.2) is 54.2 Å².